The average molecular weight is 279 g/mol. The maximum atomic E-state index is 11.9. The summed E-state index contributed by atoms with van der Waals surface area (Å²) in [5.41, 5.74) is 0.960. The van der Waals surface area contributed by atoms with Crippen molar-refractivity contribution in [1.82, 2.24) is 15.4 Å². The normalized spacial score (nSPS) is 20.0. The minimum Gasteiger partial charge on any atom is -0.359 e. The van der Waals surface area contributed by atoms with Crippen molar-refractivity contribution in [2.75, 3.05) is 19.6 Å². The number of amides is 1. The van der Waals surface area contributed by atoms with Gasteiger partial charge in [0, 0.05) is 12.6 Å². The summed E-state index contributed by atoms with van der Waals surface area (Å²) in [5, 5.41) is 6.87. The molecule has 1 N–H and O–H groups in total. The lowest BCUT2D eigenvalue weighted by atomic mass is 10.0. The Kier molecular flexibility index (Phi) is 5.59. The van der Waals surface area contributed by atoms with E-state index in [1.54, 1.807) is 0 Å². The highest BCUT2D eigenvalue weighted by atomic mass is 16.5. The third kappa shape index (κ3) is 4.63. The summed E-state index contributed by atoms with van der Waals surface area (Å²) in [6, 6.07) is 1.92. The number of aromatic nitrogens is 1. The molecule has 1 saturated heterocycles. The summed E-state index contributed by atoms with van der Waals surface area (Å²) in [6.07, 6.45) is 4.43. The number of nitrogens with one attached hydrogen (secondary N) is 1. The number of nitrogens with zero attached hydrogens (tertiary/aromatic N) is 2. The van der Waals surface area contributed by atoms with Gasteiger partial charge in [-0.15, -0.1) is 0 Å². The predicted octanol–water partition coefficient (Wildman–Crippen LogP) is 1.98. The maximum absolute atomic E-state index is 11.9. The van der Waals surface area contributed by atoms with E-state index in [-0.39, 0.29) is 5.91 Å². The second-order valence-corrected chi connectivity index (χ2v) is 5.79. The summed E-state index contributed by atoms with van der Waals surface area (Å²) in [5.74, 6) is 1.49. The van der Waals surface area contributed by atoms with Crippen molar-refractivity contribution in [2.24, 2.45) is 5.92 Å². The fourth-order valence-electron chi connectivity index (χ4n) is 2.69. The van der Waals surface area contributed by atoms with Crippen molar-refractivity contribution in [3.63, 3.8) is 0 Å². The zero-order valence-corrected chi connectivity index (χ0v) is 12.5. The molecular weight excluding hydrogens is 254 g/mol. The van der Waals surface area contributed by atoms with Gasteiger partial charge in [0.25, 0.3) is 0 Å². The van der Waals surface area contributed by atoms with Crippen molar-refractivity contribution in [3.8, 4) is 0 Å². The molecule has 0 aromatic carbocycles. The smallest absolute Gasteiger partial charge is 0.234 e. The summed E-state index contributed by atoms with van der Waals surface area (Å²) in [4.78, 5) is 14.1. The number of aryl methyl sites for hydroxylation is 1. The summed E-state index contributed by atoms with van der Waals surface area (Å²) in [7, 11) is 0. The van der Waals surface area contributed by atoms with Crippen LogP contribution in [0, 0.1) is 5.92 Å². The van der Waals surface area contributed by atoms with Crippen LogP contribution in [0.3, 0.4) is 0 Å². The van der Waals surface area contributed by atoms with Crippen molar-refractivity contribution < 1.29 is 9.32 Å². The highest BCUT2D eigenvalue weighted by Crippen LogP contribution is 2.14. The van der Waals surface area contributed by atoms with E-state index in [0.29, 0.717) is 19.0 Å². The van der Waals surface area contributed by atoms with Gasteiger partial charge in [-0.05, 0) is 31.7 Å². The molecule has 0 spiro atoms. The Labute approximate surface area is 120 Å². The fraction of sp³-hybridized carbons (Fsp3) is 0.733. The molecule has 2 rings (SSSR count). The molecule has 0 radical (unpaired) electrons. The second-order valence-electron chi connectivity index (χ2n) is 5.79. The molecule has 1 aliphatic rings. The van der Waals surface area contributed by atoms with Gasteiger partial charge >= 0.3 is 0 Å². The topological polar surface area (TPSA) is 58.4 Å². The lowest BCUT2D eigenvalue weighted by molar-refractivity contribution is -0.122. The number of hydrogen-bond acceptors (Lipinski definition) is 4. The Bertz CT molecular complexity index is 431. The SMILES string of the molecule is CCCc1cc(CNC(=O)CN2CCC[C@H](C)C2)on1. The fourth-order valence-corrected chi connectivity index (χ4v) is 2.69. The number of piperidine rings is 1. The molecular formula is C15H25N3O2. The zero-order chi connectivity index (χ0) is 14.4. The molecule has 0 aliphatic carbocycles. The van der Waals surface area contributed by atoms with Crippen LogP contribution in [0.1, 0.15) is 44.6 Å². The largest absolute Gasteiger partial charge is 0.359 e. The van der Waals surface area contributed by atoms with Gasteiger partial charge in [0.05, 0.1) is 18.8 Å². The quantitative estimate of drug-likeness (QED) is 0.865. The van der Waals surface area contributed by atoms with Crippen LogP contribution in [0.2, 0.25) is 0 Å². The molecule has 0 saturated carbocycles. The van der Waals surface area contributed by atoms with Crippen molar-refractivity contribution in [1.29, 1.82) is 0 Å². The van der Waals surface area contributed by atoms with E-state index in [9.17, 15) is 4.79 Å². The first kappa shape index (κ1) is 15.0. The minimum absolute atomic E-state index is 0.0625. The van der Waals surface area contributed by atoms with Crippen LogP contribution in [0.15, 0.2) is 10.6 Å². The van der Waals surface area contributed by atoms with E-state index in [1.807, 2.05) is 6.07 Å². The number of likely N-dealkylation sites (tertiary alicyclic amines) is 1. The molecule has 5 nitrogen and oxygen atoms in total. The van der Waals surface area contributed by atoms with E-state index in [4.69, 9.17) is 4.52 Å². The van der Waals surface area contributed by atoms with E-state index in [0.717, 1.165) is 37.4 Å². The highest BCUT2D eigenvalue weighted by molar-refractivity contribution is 5.77. The predicted molar refractivity (Wildman–Crippen MR) is 77.2 cm³/mol. The average Bonchev–Trinajstić information content (AvgIpc) is 2.85. The second kappa shape index (κ2) is 7.43. The van der Waals surface area contributed by atoms with Gasteiger partial charge in [0.15, 0.2) is 5.76 Å². The molecule has 1 aliphatic heterocycles. The van der Waals surface area contributed by atoms with Crippen LogP contribution < -0.4 is 5.32 Å². The summed E-state index contributed by atoms with van der Waals surface area (Å²) < 4.78 is 5.20. The lowest BCUT2D eigenvalue weighted by Gasteiger charge is -2.30. The van der Waals surface area contributed by atoms with E-state index < -0.39 is 0 Å². The van der Waals surface area contributed by atoms with Crippen molar-refractivity contribution in [3.05, 3.63) is 17.5 Å². The molecule has 2 heterocycles. The highest BCUT2D eigenvalue weighted by Gasteiger charge is 2.18. The van der Waals surface area contributed by atoms with Gasteiger partial charge in [-0.25, -0.2) is 0 Å². The molecule has 112 valence electrons. The lowest BCUT2D eigenvalue weighted by Crippen LogP contribution is -2.41. The minimum atomic E-state index is 0.0625. The van der Waals surface area contributed by atoms with Crippen LogP contribution in [0.25, 0.3) is 0 Å². The van der Waals surface area contributed by atoms with Crippen LogP contribution in [-0.4, -0.2) is 35.6 Å². The van der Waals surface area contributed by atoms with Crippen molar-refractivity contribution >= 4 is 5.91 Å². The van der Waals surface area contributed by atoms with Gasteiger partial charge in [-0.1, -0.05) is 25.4 Å². The maximum Gasteiger partial charge on any atom is 0.234 e. The number of rotatable bonds is 6. The Balaban J connectivity index is 1.71. The molecule has 1 amide bonds. The Morgan fingerprint density at radius 2 is 2.45 bits per heavy atom. The molecule has 5 heteroatoms. The number of carbonyl (C=O) groups excluding carboxylic acids is 1. The molecule has 1 aromatic heterocycles. The van der Waals surface area contributed by atoms with Gasteiger partial charge in [-0.2, -0.15) is 0 Å². The molecule has 0 bridgehead atoms. The first-order chi connectivity index (χ1) is 9.67. The first-order valence-electron chi connectivity index (χ1n) is 7.61. The molecule has 1 fully saturated rings. The first-order valence-corrected chi connectivity index (χ1v) is 7.61. The third-order valence-electron chi connectivity index (χ3n) is 3.68. The monoisotopic (exact) mass is 279 g/mol. The molecule has 0 unspecified atom stereocenters. The van der Waals surface area contributed by atoms with E-state index in [2.05, 4.69) is 29.2 Å². The van der Waals surface area contributed by atoms with Crippen molar-refractivity contribution in [2.45, 2.75) is 46.1 Å². The Morgan fingerprint density at radius 3 is 3.20 bits per heavy atom. The van der Waals surface area contributed by atoms with Crippen LogP contribution in [-0.2, 0) is 17.8 Å². The Morgan fingerprint density at radius 1 is 1.60 bits per heavy atom. The van der Waals surface area contributed by atoms with Crippen LogP contribution >= 0.6 is 0 Å². The van der Waals surface area contributed by atoms with Gasteiger partial charge < -0.3 is 9.84 Å². The van der Waals surface area contributed by atoms with E-state index >= 15 is 0 Å². The summed E-state index contributed by atoms with van der Waals surface area (Å²) in [6.45, 7) is 7.32. The third-order valence-corrected chi connectivity index (χ3v) is 3.68. The molecule has 1 aromatic rings. The van der Waals surface area contributed by atoms with Crippen LogP contribution in [0.5, 0.6) is 0 Å². The van der Waals surface area contributed by atoms with E-state index in [1.165, 1.54) is 12.8 Å². The standard InChI is InChI=1S/C15H25N3O2/c1-3-5-13-8-14(20-17-13)9-16-15(19)11-18-7-4-6-12(2)10-18/h8,12H,3-7,9-11H2,1-2H3,(H,16,19)/t12-/m0/s1. The number of hydrogen-bond donors (Lipinski definition) is 1. The van der Waals surface area contributed by atoms with Crippen LogP contribution in [0.4, 0.5) is 0 Å². The van der Waals surface area contributed by atoms with Gasteiger partial charge in [0.2, 0.25) is 5.91 Å². The zero-order valence-electron chi connectivity index (χ0n) is 12.5. The summed E-state index contributed by atoms with van der Waals surface area (Å²) >= 11 is 0. The Hall–Kier alpha value is -1.36. The molecule has 20 heavy (non-hydrogen) atoms. The van der Waals surface area contributed by atoms with Gasteiger partial charge in [0.1, 0.15) is 0 Å². The number of carbonyl (C=O) groups is 1. The molecule has 1 atom stereocenters. The van der Waals surface area contributed by atoms with Gasteiger partial charge in [-0.3, -0.25) is 9.69 Å².